The van der Waals surface area contributed by atoms with Gasteiger partial charge in [0.05, 0.1) is 6.10 Å². The maximum Gasteiger partial charge on any atom is 0.127 e. The number of halogens is 2. The first-order valence-electron chi connectivity index (χ1n) is 4.43. The van der Waals surface area contributed by atoms with Gasteiger partial charge in [0.25, 0.3) is 0 Å². The third kappa shape index (κ3) is 2.23. The van der Waals surface area contributed by atoms with Crippen molar-refractivity contribution in [3.05, 3.63) is 35.6 Å². The van der Waals surface area contributed by atoms with Crippen molar-refractivity contribution in [2.45, 2.75) is 18.6 Å². The summed E-state index contributed by atoms with van der Waals surface area (Å²) in [5.74, 6) is -0.200. The highest BCUT2D eigenvalue weighted by Gasteiger charge is 2.24. The average molecular weight is 218 g/mol. The van der Waals surface area contributed by atoms with E-state index in [1.165, 1.54) is 6.07 Å². The summed E-state index contributed by atoms with van der Waals surface area (Å²) in [7, 11) is 0. The summed E-state index contributed by atoms with van der Waals surface area (Å²) in [6.45, 7) is 0.555. The average Bonchev–Trinajstić information content (AvgIpc) is 2.53. The van der Waals surface area contributed by atoms with Gasteiger partial charge in [-0.3, -0.25) is 0 Å². The molecule has 1 aliphatic rings. The SMILES string of the molecule is Cl.OC1CNC(c2ccccc2F)C1. The van der Waals surface area contributed by atoms with Gasteiger partial charge < -0.3 is 10.4 Å². The number of benzene rings is 1. The van der Waals surface area contributed by atoms with E-state index in [-0.39, 0.29) is 30.4 Å². The van der Waals surface area contributed by atoms with E-state index in [1.807, 2.05) is 6.07 Å². The minimum absolute atomic E-state index is 0. The lowest BCUT2D eigenvalue weighted by Crippen LogP contribution is -2.15. The molecule has 2 nitrogen and oxygen atoms in total. The Morgan fingerprint density at radius 2 is 2.07 bits per heavy atom. The molecule has 78 valence electrons. The molecule has 1 aromatic carbocycles. The van der Waals surface area contributed by atoms with Crippen molar-refractivity contribution in [1.29, 1.82) is 0 Å². The normalized spacial score (nSPS) is 25.9. The topological polar surface area (TPSA) is 32.3 Å². The number of nitrogens with one attached hydrogen (secondary N) is 1. The van der Waals surface area contributed by atoms with E-state index in [9.17, 15) is 9.50 Å². The Morgan fingerprint density at radius 3 is 2.64 bits per heavy atom. The Balaban J connectivity index is 0.000000980. The predicted octanol–water partition coefficient (Wildman–Crippen LogP) is 1.64. The molecule has 0 saturated carbocycles. The zero-order chi connectivity index (χ0) is 9.26. The molecule has 14 heavy (non-hydrogen) atoms. The second kappa shape index (κ2) is 4.73. The lowest BCUT2D eigenvalue weighted by atomic mass is 10.0. The number of hydrogen-bond acceptors (Lipinski definition) is 2. The lowest BCUT2D eigenvalue weighted by molar-refractivity contribution is 0.193. The molecule has 2 N–H and O–H groups in total. The predicted molar refractivity (Wildman–Crippen MR) is 55.0 cm³/mol. The van der Waals surface area contributed by atoms with Crippen LogP contribution in [0, 0.1) is 5.82 Å². The molecule has 4 heteroatoms. The van der Waals surface area contributed by atoms with Gasteiger partial charge in [0.2, 0.25) is 0 Å². The molecule has 2 unspecified atom stereocenters. The summed E-state index contributed by atoms with van der Waals surface area (Å²) in [5, 5.41) is 12.3. The van der Waals surface area contributed by atoms with E-state index in [2.05, 4.69) is 5.32 Å². The van der Waals surface area contributed by atoms with E-state index in [1.54, 1.807) is 12.1 Å². The smallest absolute Gasteiger partial charge is 0.127 e. The van der Waals surface area contributed by atoms with Gasteiger partial charge >= 0.3 is 0 Å². The molecule has 0 aromatic heterocycles. The van der Waals surface area contributed by atoms with Gasteiger partial charge in [-0.05, 0) is 12.5 Å². The number of aliphatic hydroxyl groups excluding tert-OH is 1. The third-order valence-electron chi connectivity index (χ3n) is 2.39. The fraction of sp³-hybridized carbons (Fsp3) is 0.400. The molecule has 0 radical (unpaired) electrons. The molecule has 0 bridgehead atoms. The van der Waals surface area contributed by atoms with E-state index in [4.69, 9.17) is 0 Å². The van der Waals surface area contributed by atoms with Crippen molar-refractivity contribution in [2.75, 3.05) is 6.54 Å². The van der Waals surface area contributed by atoms with Crippen LogP contribution in [0.3, 0.4) is 0 Å². The Bertz CT molecular complexity index is 308. The maximum atomic E-state index is 13.2. The minimum atomic E-state index is -0.343. The van der Waals surface area contributed by atoms with Crippen molar-refractivity contribution < 1.29 is 9.50 Å². The van der Waals surface area contributed by atoms with Crippen LogP contribution in [-0.2, 0) is 0 Å². The molecule has 1 heterocycles. The fourth-order valence-corrected chi connectivity index (χ4v) is 1.71. The van der Waals surface area contributed by atoms with Crippen LogP contribution in [0.4, 0.5) is 4.39 Å². The summed E-state index contributed by atoms with van der Waals surface area (Å²) >= 11 is 0. The summed E-state index contributed by atoms with van der Waals surface area (Å²) in [5.41, 5.74) is 0.652. The van der Waals surface area contributed by atoms with Gasteiger partial charge in [-0.1, -0.05) is 18.2 Å². The zero-order valence-corrected chi connectivity index (χ0v) is 8.43. The first kappa shape index (κ1) is 11.4. The van der Waals surface area contributed by atoms with Crippen LogP contribution in [0.25, 0.3) is 0 Å². The van der Waals surface area contributed by atoms with Crippen LogP contribution in [0.2, 0.25) is 0 Å². The lowest BCUT2D eigenvalue weighted by Gasteiger charge is -2.10. The molecular formula is C10H13ClFNO. The summed E-state index contributed by atoms with van der Waals surface area (Å²) in [6, 6.07) is 6.65. The van der Waals surface area contributed by atoms with E-state index in [0.717, 1.165) is 0 Å². The molecule has 1 aromatic rings. The van der Waals surface area contributed by atoms with E-state index in [0.29, 0.717) is 18.5 Å². The molecule has 0 spiro atoms. The van der Waals surface area contributed by atoms with Gasteiger partial charge in [0, 0.05) is 18.2 Å². The molecule has 1 aliphatic heterocycles. The number of hydrogen-bond donors (Lipinski definition) is 2. The highest BCUT2D eigenvalue weighted by atomic mass is 35.5. The summed E-state index contributed by atoms with van der Waals surface area (Å²) in [6.07, 6.45) is 0.255. The van der Waals surface area contributed by atoms with Crippen LogP contribution in [0.5, 0.6) is 0 Å². The summed E-state index contributed by atoms with van der Waals surface area (Å²) in [4.78, 5) is 0. The fourth-order valence-electron chi connectivity index (χ4n) is 1.71. The standard InChI is InChI=1S/C10H12FNO.ClH/c11-9-4-2-1-3-8(9)10-5-7(13)6-12-10;/h1-4,7,10,12-13H,5-6H2;1H. The van der Waals surface area contributed by atoms with Gasteiger partial charge in [0.15, 0.2) is 0 Å². The van der Waals surface area contributed by atoms with Crippen molar-refractivity contribution >= 4 is 12.4 Å². The number of aliphatic hydroxyl groups is 1. The largest absolute Gasteiger partial charge is 0.392 e. The van der Waals surface area contributed by atoms with Gasteiger partial charge in [-0.25, -0.2) is 4.39 Å². The van der Waals surface area contributed by atoms with Crippen molar-refractivity contribution in [3.63, 3.8) is 0 Å². The van der Waals surface area contributed by atoms with E-state index >= 15 is 0 Å². The Morgan fingerprint density at radius 1 is 1.36 bits per heavy atom. The minimum Gasteiger partial charge on any atom is -0.392 e. The van der Waals surface area contributed by atoms with Crippen LogP contribution < -0.4 is 5.32 Å². The highest BCUT2D eigenvalue weighted by molar-refractivity contribution is 5.85. The first-order chi connectivity index (χ1) is 6.27. The van der Waals surface area contributed by atoms with Crippen LogP contribution in [0.1, 0.15) is 18.0 Å². The molecule has 0 amide bonds. The highest BCUT2D eigenvalue weighted by Crippen LogP contribution is 2.24. The molecule has 2 atom stereocenters. The number of β-amino-alcohol motifs (C(OH)–C–C–N with tert-alkyl or cyclic N) is 1. The van der Waals surface area contributed by atoms with E-state index < -0.39 is 0 Å². The maximum absolute atomic E-state index is 13.2. The Labute approximate surface area is 88.5 Å². The van der Waals surface area contributed by atoms with Crippen LogP contribution in [-0.4, -0.2) is 17.8 Å². The quantitative estimate of drug-likeness (QED) is 0.750. The Hall–Kier alpha value is -0.640. The van der Waals surface area contributed by atoms with Crippen molar-refractivity contribution in [1.82, 2.24) is 5.32 Å². The number of rotatable bonds is 1. The molecule has 1 saturated heterocycles. The summed E-state index contributed by atoms with van der Waals surface area (Å²) < 4.78 is 13.2. The van der Waals surface area contributed by atoms with Crippen molar-refractivity contribution in [2.24, 2.45) is 0 Å². The molecule has 1 fully saturated rings. The molecule has 0 aliphatic carbocycles. The van der Waals surface area contributed by atoms with Crippen molar-refractivity contribution in [3.8, 4) is 0 Å². The monoisotopic (exact) mass is 217 g/mol. The van der Waals surface area contributed by atoms with Crippen LogP contribution >= 0.6 is 12.4 Å². The second-order valence-corrected chi connectivity index (χ2v) is 3.37. The zero-order valence-electron chi connectivity index (χ0n) is 7.61. The molecular weight excluding hydrogens is 205 g/mol. The first-order valence-corrected chi connectivity index (χ1v) is 4.43. The second-order valence-electron chi connectivity index (χ2n) is 3.37. The molecule has 2 rings (SSSR count). The third-order valence-corrected chi connectivity index (χ3v) is 2.39. The van der Waals surface area contributed by atoms with Gasteiger partial charge in [0.1, 0.15) is 5.82 Å². The van der Waals surface area contributed by atoms with Gasteiger partial charge in [-0.2, -0.15) is 0 Å². The van der Waals surface area contributed by atoms with Gasteiger partial charge in [-0.15, -0.1) is 12.4 Å². The van der Waals surface area contributed by atoms with Crippen LogP contribution in [0.15, 0.2) is 24.3 Å². The Kier molecular flexibility index (Phi) is 3.86.